The molecule has 0 unspecified atom stereocenters. The highest BCUT2D eigenvalue weighted by Crippen LogP contribution is 2.40. The second-order valence-corrected chi connectivity index (χ2v) is 34.9. The monoisotopic (exact) mass is 1530 g/mol. The molecule has 0 amide bonds. The van der Waals surface area contributed by atoms with Crippen molar-refractivity contribution < 1.29 is 18.7 Å². The van der Waals surface area contributed by atoms with E-state index >= 15 is 0 Å². The maximum atomic E-state index is 5.59. The third-order valence-corrected chi connectivity index (χ3v) is 24.9. The van der Waals surface area contributed by atoms with Gasteiger partial charge in [0, 0.05) is 78.7 Å². The van der Waals surface area contributed by atoms with Crippen LogP contribution in [-0.4, -0.2) is 44.6 Å². The van der Waals surface area contributed by atoms with Gasteiger partial charge in [0.25, 0.3) is 5.84 Å². The Morgan fingerprint density at radius 1 is 0.277 bits per heavy atom. The molecule has 6 aliphatic heterocycles. The third kappa shape index (κ3) is 33.3. The number of pyridine rings is 4. The molecule has 12 nitrogen and oxygen atoms in total. The van der Waals surface area contributed by atoms with Crippen LogP contribution in [-0.2, 0) is 26.2 Å². The van der Waals surface area contributed by atoms with E-state index in [1.165, 1.54) is 385 Å². The molecule has 0 radical (unpaired) electrons. The number of fused-ring (bicyclic) bond motifs is 17. The number of nitrogens with zero attached hydrogens (tertiary/aromatic N) is 10. The van der Waals surface area contributed by atoms with Gasteiger partial charge in [-0.05, 0) is 31.7 Å². The van der Waals surface area contributed by atoms with E-state index < -0.39 is 0 Å². The lowest BCUT2D eigenvalue weighted by Gasteiger charge is -2.10. The van der Waals surface area contributed by atoms with Crippen LogP contribution in [0.25, 0.3) is 11.1 Å². The summed E-state index contributed by atoms with van der Waals surface area (Å²) in [4.78, 5) is 36.9. The molecule has 0 saturated carbocycles. The fraction of sp³-hybridized carbons (Fsp3) is 0.720. The van der Waals surface area contributed by atoms with Gasteiger partial charge in [0.2, 0.25) is 11.7 Å². The zero-order chi connectivity index (χ0) is 77.8. The Hall–Kier alpha value is -6.04. The number of hydrogen-bond donors (Lipinski definition) is 2. The minimum Gasteiger partial charge on any atom is -0.353 e. The van der Waals surface area contributed by atoms with Crippen molar-refractivity contribution in [3.63, 3.8) is 0 Å². The van der Waals surface area contributed by atoms with Crippen molar-refractivity contribution in [3.8, 4) is 11.1 Å². The van der Waals surface area contributed by atoms with E-state index in [2.05, 4.69) is 130 Å². The average molecular weight is 1530 g/mol. The molecule has 8 bridgehead atoms. The molecule has 3 aromatic heterocycles. The molecule has 0 fully saturated rings. The molecule has 0 aliphatic carbocycles. The van der Waals surface area contributed by atoms with Gasteiger partial charge in [-0.1, -0.05) is 399 Å². The molecule has 9 heterocycles. The fourth-order valence-corrected chi connectivity index (χ4v) is 17.7. The average Bonchev–Trinajstić information content (AvgIpc) is 1.61. The second kappa shape index (κ2) is 56.3. The second-order valence-electron chi connectivity index (χ2n) is 34.9. The van der Waals surface area contributed by atoms with Crippen molar-refractivity contribution in [3.05, 3.63) is 107 Å². The molecule has 0 saturated heterocycles. The summed E-state index contributed by atoms with van der Waals surface area (Å²) in [5.41, 5.74) is 8.08. The first-order chi connectivity index (χ1) is 55.5. The maximum absolute atomic E-state index is 5.59. The van der Waals surface area contributed by atoms with Crippen molar-refractivity contribution >= 4 is 46.6 Å². The summed E-state index contributed by atoms with van der Waals surface area (Å²) in [6.07, 6.45) is 106. The molecule has 0 aromatic carbocycles. The van der Waals surface area contributed by atoms with Gasteiger partial charge >= 0.3 is 0 Å². The number of hydrogen-bond acceptors (Lipinski definition) is 7. The molecule has 112 heavy (non-hydrogen) atoms. The first kappa shape index (κ1) is 89.9. The van der Waals surface area contributed by atoms with Crippen molar-refractivity contribution in [2.45, 2.75) is 465 Å². The van der Waals surface area contributed by atoms with Gasteiger partial charge in [0.1, 0.15) is 30.8 Å². The number of unbranched alkanes of at least 4 members (excludes halogenated alkanes) is 60. The van der Waals surface area contributed by atoms with Gasteiger partial charge in [-0.25, -0.2) is 33.7 Å². The number of amidine groups is 6. The van der Waals surface area contributed by atoms with E-state index in [0.29, 0.717) is 29.2 Å². The predicted octanol–water partition coefficient (Wildman–Crippen LogP) is 26.7. The van der Waals surface area contributed by atoms with Gasteiger partial charge in [0.15, 0.2) is 66.3 Å². The smallest absolute Gasteiger partial charge is 0.271 e. The Labute approximate surface area is 684 Å². The summed E-state index contributed by atoms with van der Waals surface area (Å²) >= 11 is 0. The number of nitrogens with one attached hydrogen (secondary N) is 2. The van der Waals surface area contributed by atoms with E-state index in [-0.39, 0.29) is 0 Å². The summed E-state index contributed by atoms with van der Waals surface area (Å²) in [6, 6.07) is 8.98. The molecule has 618 valence electrons. The van der Waals surface area contributed by atoms with Crippen LogP contribution >= 0.6 is 0 Å². The highest BCUT2D eigenvalue weighted by atomic mass is 15.2. The maximum Gasteiger partial charge on any atom is 0.271 e. The molecule has 2 N–H and O–H groups in total. The highest BCUT2D eigenvalue weighted by Gasteiger charge is 2.37. The number of rotatable bonds is 68. The molecule has 6 aliphatic rings. The Balaban J connectivity index is 0.902. The SMILES string of the molecule is CCCCCCCCCCCCCCCCCCn1ccc2c3nc(c-2c1)N=C1N=C(N=C2N=C(N=C4[NH+]=C(N3)c3c[n+](CCCCCCCCCCCCCCCCCC)ccc34)c3c[n+](CCCCCCCCCCCCCCCCCC)ccc32)c2c[n+](CCCCCCCCCCCCCCCCCC)ccc21. The van der Waals surface area contributed by atoms with E-state index in [1.807, 2.05) is 0 Å². The predicted molar refractivity (Wildman–Crippen MR) is 478 cm³/mol. The molecular formula is C100H162N12+4. The van der Waals surface area contributed by atoms with E-state index in [1.54, 1.807) is 0 Å². The minimum absolute atomic E-state index is 0.632. The van der Waals surface area contributed by atoms with Gasteiger partial charge < -0.3 is 4.57 Å². The number of aryl methyl sites for hydroxylation is 4. The quantitative estimate of drug-likeness (QED) is 0.0298. The Bertz CT molecular complexity index is 3540. The Morgan fingerprint density at radius 3 is 0.911 bits per heavy atom. The minimum atomic E-state index is 0.632. The van der Waals surface area contributed by atoms with Crippen molar-refractivity contribution in [1.29, 1.82) is 0 Å². The van der Waals surface area contributed by atoms with Gasteiger partial charge in [-0.15, -0.1) is 0 Å². The topological polar surface area (TPSA) is 117 Å². The summed E-state index contributed by atoms with van der Waals surface area (Å²) in [5.74, 6) is 5.63. The van der Waals surface area contributed by atoms with Crippen LogP contribution in [0, 0.1) is 0 Å². The Kier molecular flexibility index (Phi) is 45.2. The summed E-state index contributed by atoms with van der Waals surface area (Å²) < 4.78 is 9.48. The van der Waals surface area contributed by atoms with E-state index in [0.717, 1.165) is 114 Å². The normalized spacial score (nSPS) is 13.5. The summed E-state index contributed by atoms with van der Waals surface area (Å²) in [6.45, 7) is 13.1. The largest absolute Gasteiger partial charge is 0.353 e. The molecule has 0 spiro atoms. The van der Waals surface area contributed by atoms with Gasteiger partial charge in [0.05, 0.1) is 11.1 Å². The van der Waals surface area contributed by atoms with Crippen LogP contribution in [0.5, 0.6) is 0 Å². The van der Waals surface area contributed by atoms with Crippen molar-refractivity contribution in [2.75, 3.05) is 5.32 Å². The highest BCUT2D eigenvalue weighted by molar-refractivity contribution is 6.31. The van der Waals surface area contributed by atoms with Gasteiger partial charge in [-0.3, -0.25) is 5.32 Å². The Morgan fingerprint density at radius 2 is 0.562 bits per heavy atom. The standard InChI is InChI=1S/C100H161N12/c1-5-9-13-17-21-25-29-33-37-41-45-49-53-57-61-65-73-109-77-69-85-89(81-109)97-101-93(85)106-98-91-83-111(75-67-63-59-55-51-47-43-39-35-31-27-23-19-15-11-7-3)79-71-87(91)95(103-98)108-100-92-84-112(76-68-64-60-56-52-48-44-40-36-32-28-24-20-16-12-8-4)80-72-88(92)96(104-100)107-99-90-82-110(78-70-86(90)94(102-99)105-97)74-66-62-58-54-50-46-42-38-34-30-26-22-18-14-10-6-2/h69-72,77-84H,5-68,73-76H2,1-4H3,(H,101,102,103,104,105,106,107,108)/q+3/p+1. The first-order valence-electron chi connectivity index (χ1n) is 48.5. The molecule has 3 aromatic rings. The first-order valence-corrected chi connectivity index (χ1v) is 48.5. The van der Waals surface area contributed by atoms with Crippen LogP contribution in [0.1, 0.15) is 472 Å². The number of aromatic nitrogens is 5. The van der Waals surface area contributed by atoms with Crippen LogP contribution in [0.2, 0.25) is 0 Å². The fourth-order valence-electron chi connectivity index (χ4n) is 17.7. The van der Waals surface area contributed by atoms with Crippen LogP contribution in [0.4, 0.5) is 11.6 Å². The summed E-state index contributed by atoms with van der Waals surface area (Å²) in [5, 5.41) is 3.92. The van der Waals surface area contributed by atoms with Gasteiger partial charge in [-0.2, -0.15) is 9.98 Å². The lowest BCUT2D eigenvalue weighted by molar-refractivity contribution is -0.697. The van der Waals surface area contributed by atoms with Crippen LogP contribution in [0.15, 0.2) is 98.8 Å². The molecule has 12 heteroatoms. The zero-order valence-electron chi connectivity index (χ0n) is 72.5. The van der Waals surface area contributed by atoms with Crippen molar-refractivity contribution in [2.24, 2.45) is 25.0 Å². The van der Waals surface area contributed by atoms with Crippen LogP contribution in [0.3, 0.4) is 0 Å². The molecular weight excluding hydrogens is 1370 g/mol. The lowest BCUT2D eigenvalue weighted by atomic mass is 10.0. The molecule has 0 atom stereocenters. The van der Waals surface area contributed by atoms with Crippen molar-refractivity contribution in [1.82, 2.24) is 9.55 Å². The van der Waals surface area contributed by atoms with E-state index in [9.17, 15) is 0 Å². The zero-order valence-corrected chi connectivity index (χ0v) is 72.5. The number of aliphatic imine (C=N–C) groups is 5. The summed E-state index contributed by atoms with van der Waals surface area (Å²) in [7, 11) is 0. The van der Waals surface area contributed by atoms with Crippen LogP contribution < -0.4 is 24.0 Å². The van der Waals surface area contributed by atoms with E-state index in [4.69, 9.17) is 29.9 Å². The number of anilines is 1. The molecule has 9 rings (SSSR count). The lowest BCUT2D eigenvalue weighted by Crippen LogP contribution is -2.76. The third-order valence-electron chi connectivity index (χ3n) is 24.9.